The Morgan fingerprint density at radius 1 is 1.00 bits per heavy atom. The van der Waals surface area contributed by atoms with Crippen molar-refractivity contribution < 1.29 is 0 Å². The maximum Gasteiger partial charge on any atom is 0.0470 e. The molecular weight excluding hydrogens is 555 g/mol. The second-order valence-electron chi connectivity index (χ2n) is 12.2. The number of allylic oxidation sites excluding steroid dienone is 8. The molecule has 2 nitrogen and oxygen atoms in total. The minimum absolute atomic E-state index is 0.107. The Kier molecular flexibility index (Phi) is 9.25. The van der Waals surface area contributed by atoms with Crippen molar-refractivity contribution in [2.75, 3.05) is 29.9 Å². The predicted octanol–water partition coefficient (Wildman–Crippen LogP) is 10.8. The van der Waals surface area contributed by atoms with Crippen LogP contribution in [0.3, 0.4) is 0 Å². The van der Waals surface area contributed by atoms with Crippen LogP contribution in [-0.4, -0.2) is 20.1 Å². The van der Waals surface area contributed by atoms with E-state index in [0.29, 0.717) is 0 Å². The summed E-state index contributed by atoms with van der Waals surface area (Å²) in [6.07, 6.45) is 10.9. The van der Waals surface area contributed by atoms with Gasteiger partial charge in [0.2, 0.25) is 0 Å². The molecule has 5 heteroatoms. The number of rotatable bonds is 8. The van der Waals surface area contributed by atoms with Crippen molar-refractivity contribution in [3.63, 3.8) is 0 Å². The summed E-state index contributed by atoms with van der Waals surface area (Å²) in [4.78, 5) is 4.67. The number of nitrogens with zero attached hydrogens (tertiary/aromatic N) is 2. The molecule has 0 saturated heterocycles. The Bertz CT molecular complexity index is 1390. The lowest BCUT2D eigenvalue weighted by Gasteiger charge is -2.35. The van der Waals surface area contributed by atoms with Crippen LogP contribution in [-0.2, 0) is 10.8 Å². The molecule has 0 radical (unpaired) electrons. The van der Waals surface area contributed by atoms with Crippen LogP contribution in [0.5, 0.6) is 0 Å². The van der Waals surface area contributed by atoms with Gasteiger partial charge < -0.3 is 9.80 Å². The number of hydrogen-bond acceptors (Lipinski definition) is 2. The van der Waals surface area contributed by atoms with E-state index in [1.807, 2.05) is 12.1 Å². The van der Waals surface area contributed by atoms with Crippen LogP contribution < -0.4 is 9.80 Å². The van der Waals surface area contributed by atoms with Gasteiger partial charge in [0, 0.05) is 57.7 Å². The summed E-state index contributed by atoms with van der Waals surface area (Å²) in [5.41, 5.74) is 8.45. The number of likely N-dealkylation sites (N-methyl/N-ethyl adjacent to an activating group) is 1. The highest BCUT2D eigenvalue weighted by Gasteiger charge is 2.39. The highest BCUT2D eigenvalue weighted by atomic mass is 35.5. The van der Waals surface area contributed by atoms with Gasteiger partial charge in [0.15, 0.2) is 0 Å². The average molecular weight is 598 g/mol. The number of benzene rings is 2. The molecule has 1 aliphatic carbocycles. The van der Waals surface area contributed by atoms with Crippen LogP contribution in [0.15, 0.2) is 82.6 Å². The quantitative estimate of drug-likeness (QED) is 0.299. The van der Waals surface area contributed by atoms with Crippen molar-refractivity contribution in [1.82, 2.24) is 0 Å². The summed E-state index contributed by atoms with van der Waals surface area (Å²) in [5, 5.41) is 2.44. The molecule has 1 heterocycles. The fraction of sp³-hybridized carbons (Fsp3) is 0.429. The number of anilines is 2. The summed E-state index contributed by atoms with van der Waals surface area (Å²) in [7, 11) is 2.13. The molecule has 1 aliphatic heterocycles. The highest BCUT2D eigenvalue weighted by molar-refractivity contribution is 6.33. The van der Waals surface area contributed by atoms with Crippen LogP contribution in [0.25, 0.3) is 0 Å². The Balaban J connectivity index is 1.59. The number of fused-ring (bicyclic) bond motifs is 1. The van der Waals surface area contributed by atoms with E-state index in [0.717, 1.165) is 41.0 Å². The maximum atomic E-state index is 6.98. The van der Waals surface area contributed by atoms with Gasteiger partial charge in [-0.3, -0.25) is 0 Å². The molecule has 2 aliphatic rings. The Labute approximate surface area is 257 Å². The summed E-state index contributed by atoms with van der Waals surface area (Å²) in [6, 6.07) is 12.5. The van der Waals surface area contributed by atoms with Gasteiger partial charge >= 0.3 is 0 Å². The molecule has 1 atom stereocenters. The fourth-order valence-electron chi connectivity index (χ4n) is 5.95. The smallest absolute Gasteiger partial charge is 0.0470 e. The third-order valence-electron chi connectivity index (χ3n) is 9.10. The summed E-state index contributed by atoms with van der Waals surface area (Å²) < 4.78 is 0. The van der Waals surface area contributed by atoms with Crippen molar-refractivity contribution >= 4 is 46.2 Å². The van der Waals surface area contributed by atoms with Gasteiger partial charge in [-0.25, -0.2) is 0 Å². The van der Waals surface area contributed by atoms with Crippen molar-refractivity contribution in [1.29, 1.82) is 0 Å². The van der Waals surface area contributed by atoms with Gasteiger partial charge in [0.05, 0.1) is 0 Å². The molecular formula is C35H43Cl3N2. The Hall–Kier alpha value is -2.13. The molecule has 0 bridgehead atoms. The van der Waals surface area contributed by atoms with Gasteiger partial charge in [0.25, 0.3) is 0 Å². The lowest BCUT2D eigenvalue weighted by atomic mass is 9.73. The van der Waals surface area contributed by atoms with Crippen LogP contribution in [0.2, 0.25) is 10.0 Å². The van der Waals surface area contributed by atoms with Crippen LogP contribution >= 0.6 is 34.8 Å². The van der Waals surface area contributed by atoms with Gasteiger partial charge in [-0.2, -0.15) is 0 Å². The van der Waals surface area contributed by atoms with Crippen LogP contribution in [0, 0.1) is 5.92 Å². The highest BCUT2D eigenvalue weighted by Crippen LogP contribution is 2.49. The number of halogens is 3. The summed E-state index contributed by atoms with van der Waals surface area (Å²) in [5.74, 6) is 0.282. The molecule has 1 unspecified atom stereocenters. The zero-order valence-corrected chi connectivity index (χ0v) is 27.5. The monoisotopic (exact) mass is 596 g/mol. The largest absolute Gasteiger partial charge is 0.375 e. The van der Waals surface area contributed by atoms with E-state index in [1.165, 1.54) is 39.3 Å². The predicted molar refractivity (Wildman–Crippen MR) is 178 cm³/mol. The van der Waals surface area contributed by atoms with Gasteiger partial charge in [0.1, 0.15) is 0 Å². The molecule has 0 fully saturated rings. The Morgan fingerprint density at radius 3 is 2.35 bits per heavy atom. The second kappa shape index (κ2) is 12.0. The molecule has 2 aromatic carbocycles. The summed E-state index contributed by atoms with van der Waals surface area (Å²) in [6.45, 7) is 17.6. The molecule has 0 N–H and O–H groups in total. The zero-order chi connectivity index (χ0) is 29.4. The first kappa shape index (κ1) is 30.8. The van der Waals surface area contributed by atoms with Crippen molar-refractivity contribution in [2.45, 2.75) is 72.1 Å². The van der Waals surface area contributed by atoms with Crippen LogP contribution in [0.1, 0.15) is 72.4 Å². The minimum atomic E-state index is -0.128. The van der Waals surface area contributed by atoms with E-state index in [-0.39, 0.29) is 16.7 Å². The Morgan fingerprint density at radius 2 is 1.68 bits per heavy atom. The summed E-state index contributed by atoms with van der Waals surface area (Å²) >= 11 is 19.8. The van der Waals surface area contributed by atoms with Gasteiger partial charge in [-0.1, -0.05) is 87.6 Å². The third-order valence-corrected chi connectivity index (χ3v) is 10.1. The molecule has 214 valence electrons. The molecule has 0 spiro atoms. The van der Waals surface area contributed by atoms with Crippen molar-refractivity contribution in [3.05, 3.63) is 104 Å². The normalized spacial score (nSPS) is 19.8. The molecule has 0 saturated carbocycles. The topological polar surface area (TPSA) is 6.48 Å². The van der Waals surface area contributed by atoms with E-state index in [1.54, 1.807) is 0 Å². The van der Waals surface area contributed by atoms with Crippen LogP contribution in [0.4, 0.5) is 11.4 Å². The van der Waals surface area contributed by atoms with E-state index < -0.39 is 0 Å². The fourth-order valence-corrected chi connectivity index (χ4v) is 6.61. The van der Waals surface area contributed by atoms with Crippen molar-refractivity contribution in [3.8, 4) is 0 Å². The van der Waals surface area contributed by atoms with Gasteiger partial charge in [-0.15, -0.1) is 0 Å². The van der Waals surface area contributed by atoms with E-state index in [9.17, 15) is 0 Å². The van der Waals surface area contributed by atoms with E-state index >= 15 is 0 Å². The minimum Gasteiger partial charge on any atom is -0.375 e. The lowest BCUT2D eigenvalue weighted by molar-refractivity contribution is 0.409. The number of hydrogen-bond donors (Lipinski definition) is 0. The molecule has 0 amide bonds. The SMILES string of the molecule is CCN(C)c1ccc(Cl)cc1C(C)(C)C(C)/C=C/C1=C(Cl)C(=C/C=C2/N(CC)c3ccc(Cl)cc3C2(C)C)/CC1. The molecule has 0 aromatic heterocycles. The van der Waals surface area contributed by atoms with E-state index in [4.69, 9.17) is 34.8 Å². The van der Waals surface area contributed by atoms with Crippen molar-refractivity contribution in [2.24, 2.45) is 5.92 Å². The first-order valence-corrected chi connectivity index (χ1v) is 15.5. The first-order chi connectivity index (χ1) is 18.8. The lowest BCUT2D eigenvalue weighted by Crippen LogP contribution is -2.29. The zero-order valence-electron chi connectivity index (χ0n) is 25.2. The van der Waals surface area contributed by atoms with E-state index in [2.05, 4.69) is 114 Å². The molecule has 40 heavy (non-hydrogen) atoms. The second-order valence-corrected chi connectivity index (χ2v) is 13.4. The third kappa shape index (κ3) is 5.78. The average Bonchev–Trinajstić information content (AvgIpc) is 3.37. The standard InChI is InChI=1S/C35H43Cl3N2/c1-9-39(8)30-18-16-26(36)21-28(30)34(4,5)23(3)11-12-24-13-14-25(33(24)38)15-20-32-35(6,7)29-22-27(37)17-19-31(29)40(32)10-2/h11-12,15-23H,9-10,13-14H2,1-8H3/b12-11+,25-15+,32-20+. The van der Waals surface area contributed by atoms with Gasteiger partial charge in [-0.05, 0) is 103 Å². The molecule has 2 aromatic rings. The maximum absolute atomic E-state index is 6.98. The molecule has 4 rings (SSSR count). The first-order valence-electron chi connectivity index (χ1n) is 14.4.